The predicted octanol–water partition coefficient (Wildman–Crippen LogP) is 0.692. The second-order valence-corrected chi connectivity index (χ2v) is 3.02. The summed E-state index contributed by atoms with van der Waals surface area (Å²) >= 11 is 0. The molecule has 6 nitrogen and oxygen atoms in total. The maximum absolute atomic E-state index is 12.1. The Kier molecular flexibility index (Phi) is 4.18. The summed E-state index contributed by atoms with van der Waals surface area (Å²) in [7, 11) is 0. The second-order valence-electron chi connectivity index (χ2n) is 3.02. The number of ether oxygens (including phenoxy) is 1. The minimum Gasteiger partial charge on any atom is -0.479 e. The van der Waals surface area contributed by atoms with E-state index in [-0.39, 0.29) is 17.0 Å². The molecule has 8 heteroatoms. The molecule has 94 valence electrons. The maximum atomic E-state index is 12.1. The lowest BCUT2D eigenvalue weighted by Crippen LogP contribution is -2.14. The Morgan fingerprint density at radius 3 is 2.59 bits per heavy atom. The Balaban J connectivity index is 3.08. The molecule has 0 aromatic heterocycles. The highest BCUT2D eigenvalue weighted by Crippen LogP contribution is 2.29. The van der Waals surface area contributed by atoms with Gasteiger partial charge in [-0.05, 0) is 17.7 Å². The first-order valence-electron chi connectivity index (χ1n) is 4.42. The summed E-state index contributed by atoms with van der Waals surface area (Å²) < 4.78 is 28.2. The molecule has 1 aromatic rings. The molecule has 1 atom stereocenters. The monoisotopic (exact) mass is 248 g/mol. The predicted molar refractivity (Wildman–Crippen MR) is 53.5 cm³/mol. The van der Waals surface area contributed by atoms with E-state index in [0.29, 0.717) is 0 Å². The van der Waals surface area contributed by atoms with Gasteiger partial charge in [-0.15, -0.1) is 0 Å². The number of aliphatic carboxylic acids is 1. The average Bonchev–Trinajstić information content (AvgIpc) is 2.27. The summed E-state index contributed by atoms with van der Waals surface area (Å²) in [5.74, 6) is 3.21. The van der Waals surface area contributed by atoms with Gasteiger partial charge < -0.3 is 20.4 Å². The van der Waals surface area contributed by atoms with Gasteiger partial charge in [0.25, 0.3) is 0 Å². The van der Waals surface area contributed by atoms with Gasteiger partial charge in [-0.3, -0.25) is 5.84 Å². The number of anilines is 1. The summed E-state index contributed by atoms with van der Waals surface area (Å²) in [5.41, 5.74) is 2.07. The Morgan fingerprint density at radius 2 is 2.12 bits per heavy atom. The highest BCUT2D eigenvalue weighted by atomic mass is 19.3. The molecule has 0 heterocycles. The quantitative estimate of drug-likeness (QED) is 0.451. The number of benzene rings is 1. The van der Waals surface area contributed by atoms with E-state index in [1.165, 1.54) is 12.1 Å². The number of aliphatic hydroxyl groups excluding tert-OH is 1. The number of nitrogen functional groups attached to an aromatic ring is 1. The fourth-order valence-electron chi connectivity index (χ4n) is 1.16. The fourth-order valence-corrected chi connectivity index (χ4v) is 1.16. The molecular weight excluding hydrogens is 238 g/mol. The Bertz CT molecular complexity index is 414. The molecule has 0 bridgehead atoms. The van der Waals surface area contributed by atoms with Crippen LogP contribution in [-0.2, 0) is 4.79 Å². The molecule has 0 aliphatic heterocycles. The number of nitrogens with two attached hydrogens (primary N) is 1. The van der Waals surface area contributed by atoms with Crippen molar-refractivity contribution in [1.82, 2.24) is 0 Å². The van der Waals surface area contributed by atoms with Crippen LogP contribution in [0.1, 0.15) is 11.7 Å². The summed E-state index contributed by atoms with van der Waals surface area (Å²) in [4.78, 5) is 10.5. The van der Waals surface area contributed by atoms with Crippen molar-refractivity contribution in [3.05, 3.63) is 23.8 Å². The number of nitrogens with one attached hydrogen (secondary N) is 1. The van der Waals surface area contributed by atoms with Crippen LogP contribution in [0.15, 0.2) is 18.2 Å². The molecule has 5 N–H and O–H groups in total. The lowest BCUT2D eigenvalue weighted by Gasteiger charge is -2.13. The van der Waals surface area contributed by atoms with Crippen molar-refractivity contribution in [2.45, 2.75) is 12.7 Å². The third-order valence-electron chi connectivity index (χ3n) is 1.93. The van der Waals surface area contributed by atoms with Crippen LogP contribution in [0.25, 0.3) is 0 Å². The average molecular weight is 248 g/mol. The van der Waals surface area contributed by atoms with Gasteiger partial charge in [0.2, 0.25) is 0 Å². The topological polar surface area (TPSA) is 105 Å². The van der Waals surface area contributed by atoms with Crippen LogP contribution in [0.2, 0.25) is 0 Å². The zero-order valence-corrected chi connectivity index (χ0v) is 8.43. The van der Waals surface area contributed by atoms with Crippen molar-refractivity contribution < 1.29 is 28.5 Å². The number of rotatable bonds is 5. The lowest BCUT2D eigenvalue weighted by molar-refractivity contribution is -0.146. The van der Waals surface area contributed by atoms with Gasteiger partial charge in [-0.2, -0.15) is 8.78 Å². The number of alkyl halides is 2. The molecule has 1 unspecified atom stereocenters. The number of hydrogen-bond acceptors (Lipinski definition) is 5. The Hall–Kier alpha value is -1.93. The van der Waals surface area contributed by atoms with E-state index in [2.05, 4.69) is 10.2 Å². The molecule has 1 rings (SSSR count). The van der Waals surface area contributed by atoms with Crippen LogP contribution in [0.4, 0.5) is 14.5 Å². The number of carbonyl (C=O) groups is 1. The standard InChI is InChI=1S/C9H10F2N2O4/c10-9(11)17-6-3-4(7(14)8(15)16)1-2-5(6)13-12/h1-3,7,9,13-14H,12H2,(H,15,16). The van der Waals surface area contributed by atoms with Gasteiger partial charge in [-0.25, -0.2) is 4.79 Å². The first-order valence-corrected chi connectivity index (χ1v) is 4.42. The summed E-state index contributed by atoms with van der Waals surface area (Å²) in [6, 6.07) is 3.42. The SMILES string of the molecule is NNc1ccc(C(O)C(=O)O)cc1OC(F)F. The van der Waals surface area contributed by atoms with Crippen LogP contribution < -0.4 is 16.0 Å². The number of halogens is 2. The van der Waals surface area contributed by atoms with Crippen molar-refractivity contribution in [2.24, 2.45) is 5.84 Å². The third kappa shape index (κ3) is 3.26. The minimum absolute atomic E-state index is 0.0478. The molecule has 17 heavy (non-hydrogen) atoms. The van der Waals surface area contributed by atoms with E-state index in [1.807, 2.05) is 0 Å². The largest absolute Gasteiger partial charge is 0.479 e. The van der Waals surface area contributed by atoms with Gasteiger partial charge in [0.05, 0.1) is 5.69 Å². The number of hydrogen-bond donors (Lipinski definition) is 4. The summed E-state index contributed by atoms with van der Waals surface area (Å²) in [6.07, 6.45) is -1.82. The van der Waals surface area contributed by atoms with Crippen LogP contribution in [0.5, 0.6) is 5.75 Å². The van der Waals surface area contributed by atoms with Crippen molar-refractivity contribution in [1.29, 1.82) is 0 Å². The third-order valence-corrected chi connectivity index (χ3v) is 1.93. The maximum Gasteiger partial charge on any atom is 0.387 e. The van der Waals surface area contributed by atoms with E-state index >= 15 is 0 Å². The molecule has 0 amide bonds. The van der Waals surface area contributed by atoms with Crippen LogP contribution in [0.3, 0.4) is 0 Å². The van der Waals surface area contributed by atoms with Crippen molar-refractivity contribution in [3.63, 3.8) is 0 Å². The highest BCUT2D eigenvalue weighted by Gasteiger charge is 2.18. The minimum atomic E-state index is -3.08. The molecule has 1 aromatic carbocycles. The van der Waals surface area contributed by atoms with Gasteiger partial charge in [0, 0.05) is 0 Å². The van der Waals surface area contributed by atoms with Gasteiger partial charge in [0.1, 0.15) is 0 Å². The number of hydrazine groups is 1. The first kappa shape index (κ1) is 13.1. The second kappa shape index (κ2) is 5.41. The number of carboxylic acids is 1. The molecule has 0 radical (unpaired) electrons. The van der Waals surface area contributed by atoms with E-state index in [1.54, 1.807) is 0 Å². The van der Waals surface area contributed by atoms with E-state index in [9.17, 15) is 18.7 Å². The van der Waals surface area contributed by atoms with Crippen LogP contribution >= 0.6 is 0 Å². The van der Waals surface area contributed by atoms with Gasteiger partial charge in [-0.1, -0.05) is 6.07 Å². The zero-order chi connectivity index (χ0) is 13.0. The molecule has 0 saturated carbocycles. The number of aliphatic hydroxyl groups is 1. The van der Waals surface area contributed by atoms with E-state index in [0.717, 1.165) is 6.07 Å². The number of carboxylic acid groups (broad SMARTS) is 1. The van der Waals surface area contributed by atoms with Crippen LogP contribution in [0, 0.1) is 0 Å². The van der Waals surface area contributed by atoms with Gasteiger partial charge in [0.15, 0.2) is 11.9 Å². The van der Waals surface area contributed by atoms with E-state index in [4.69, 9.17) is 10.9 Å². The molecule has 0 spiro atoms. The normalized spacial score (nSPS) is 12.3. The van der Waals surface area contributed by atoms with Crippen LogP contribution in [-0.4, -0.2) is 22.8 Å². The Morgan fingerprint density at radius 1 is 1.47 bits per heavy atom. The van der Waals surface area contributed by atoms with E-state index < -0.39 is 18.7 Å². The molecule has 0 aliphatic rings. The van der Waals surface area contributed by atoms with Crippen molar-refractivity contribution in [2.75, 3.05) is 5.43 Å². The zero-order valence-electron chi connectivity index (χ0n) is 8.43. The van der Waals surface area contributed by atoms with Gasteiger partial charge >= 0.3 is 12.6 Å². The molecular formula is C9H10F2N2O4. The first-order chi connectivity index (χ1) is 7.95. The Labute approximate surface area is 94.6 Å². The highest BCUT2D eigenvalue weighted by molar-refractivity contribution is 5.75. The summed E-state index contributed by atoms with van der Waals surface area (Å²) in [6.45, 7) is -3.08. The molecule has 0 saturated heterocycles. The lowest BCUT2D eigenvalue weighted by atomic mass is 10.1. The summed E-state index contributed by atoms with van der Waals surface area (Å²) in [5, 5.41) is 17.8. The van der Waals surface area contributed by atoms with Crippen molar-refractivity contribution >= 4 is 11.7 Å². The fraction of sp³-hybridized carbons (Fsp3) is 0.222. The smallest absolute Gasteiger partial charge is 0.387 e. The van der Waals surface area contributed by atoms with Crippen molar-refractivity contribution in [3.8, 4) is 5.75 Å². The molecule has 0 fully saturated rings. The molecule has 0 aliphatic carbocycles.